The lowest BCUT2D eigenvalue weighted by molar-refractivity contribution is 0.411. The monoisotopic (exact) mass is 277 g/mol. The summed E-state index contributed by atoms with van der Waals surface area (Å²) in [5.41, 5.74) is 2.41. The molecule has 2 aromatic heterocycles. The van der Waals surface area contributed by atoms with Crippen LogP contribution in [0.25, 0.3) is 16.9 Å². The molecule has 0 atom stereocenters. The van der Waals surface area contributed by atoms with Crippen molar-refractivity contribution >= 4 is 0 Å². The van der Waals surface area contributed by atoms with Gasteiger partial charge in [0.1, 0.15) is 23.2 Å². The van der Waals surface area contributed by atoms with E-state index in [4.69, 9.17) is 4.74 Å². The normalized spacial score (nSPS) is 10.1. The van der Waals surface area contributed by atoms with E-state index in [0.29, 0.717) is 11.4 Å². The SMILES string of the molecule is COc1ccccc1-n1nnc(C#N)c1-c1ccncc1. The molecule has 0 saturated carbocycles. The molecule has 0 spiro atoms. The summed E-state index contributed by atoms with van der Waals surface area (Å²) in [5.74, 6) is 0.655. The van der Waals surface area contributed by atoms with Crippen molar-refractivity contribution in [3.63, 3.8) is 0 Å². The maximum atomic E-state index is 9.25. The van der Waals surface area contributed by atoms with Crippen molar-refractivity contribution in [2.24, 2.45) is 0 Å². The number of benzene rings is 1. The van der Waals surface area contributed by atoms with Crippen molar-refractivity contribution in [2.75, 3.05) is 7.11 Å². The minimum absolute atomic E-state index is 0.257. The van der Waals surface area contributed by atoms with Gasteiger partial charge in [0.05, 0.1) is 7.11 Å². The third-order valence-corrected chi connectivity index (χ3v) is 3.04. The molecule has 0 aliphatic heterocycles. The van der Waals surface area contributed by atoms with Crippen molar-refractivity contribution in [3.05, 3.63) is 54.5 Å². The molecular weight excluding hydrogens is 266 g/mol. The third-order valence-electron chi connectivity index (χ3n) is 3.04. The maximum absolute atomic E-state index is 9.25. The predicted octanol–water partition coefficient (Wildman–Crippen LogP) is 2.21. The van der Waals surface area contributed by atoms with E-state index in [-0.39, 0.29) is 5.69 Å². The molecular formula is C15H11N5O. The second-order valence-corrected chi connectivity index (χ2v) is 4.22. The second kappa shape index (κ2) is 5.43. The Morgan fingerprint density at radius 1 is 1.14 bits per heavy atom. The molecule has 6 nitrogen and oxygen atoms in total. The summed E-state index contributed by atoms with van der Waals surface area (Å²) in [6.45, 7) is 0. The molecule has 6 heteroatoms. The van der Waals surface area contributed by atoms with Gasteiger partial charge in [-0.25, -0.2) is 4.68 Å². The minimum Gasteiger partial charge on any atom is -0.494 e. The predicted molar refractivity (Wildman–Crippen MR) is 75.9 cm³/mol. The number of rotatable bonds is 3. The average molecular weight is 277 g/mol. The third kappa shape index (κ3) is 2.21. The number of para-hydroxylation sites is 2. The number of ether oxygens (including phenoxy) is 1. The summed E-state index contributed by atoms with van der Waals surface area (Å²) in [5, 5.41) is 17.3. The first-order valence-electron chi connectivity index (χ1n) is 6.24. The summed E-state index contributed by atoms with van der Waals surface area (Å²) in [6, 6.07) is 13.1. The Labute approximate surface area is 121 Å². The van der Waals surface area contributed by atoms with Gasteiger partial charge in [-0.15, -0.1) is 5.10 Å². The Balaban J connectivity index is 2.26. The van der Waals surface area contributed by atoms with Gasteiger partial charge in [0.2, 0.25) is 0 Å². The Hall–Kier alpha value is -3.20. The molecule has 0 radical (unpaired) electrons. The fraction of sp³-hybridized carbons (Fsp3) is 0.0667. The first kappa shape index (κ1) is 12.8. The Kier molecular flexibility index (Phi) is 3.31. The summed E-state index contributed by atoms with van der Waals surface area (Å²) < 4.78 is 6.95. The lowest BCUT2D eigenvalue weighted by Crippen LogP contribution is -2.02. The van der Waals surface area contributed by atoms with Crippen LogP contribution in [0.2, 0.25) is 0 Å². The molecule has 0 unspecified atom stereocenters. The summed E-state index contributed by atoms with van der Waals surface area (Å²) in [6.07, 6.45) is 3.33. The highest BCUT2D eigenvalue weighted by Crippen LogP contribution is 2.28. The quantitative estimate of drug-likeness (QED) is 0.733. The molecule has 0 fully saturated rings. The molecule has 0 saturated heterocycles. The van der Waals surface area contributed by atoms with Gasteiger partial charge in [0, 0.05) is 18.0 Å². The van der Waals surface area contributed by atoms with Gasteiger partial charge >= 0.3 is 0 Å². The molecule has 3 aromatic rings. The highest BCUT2D eigenvalue weighted by molar-refractivity contribution is 5.67. The topological polar surface area (TPSA) is 76.6 Å². The minimum atomic E-state index is 0.257. The first-order valence-corrected chi connectivity index (χ1v) is 6.24. The van der Waals surface area contributed by atoms with Crippen molar-refractivity contribution in [1.82, 2.24) is 20.0 Å². The lowest BCUT2D eigenvalue weighted by atomic mass is 10.1. The van der Waals surface area contributed by atoms with E-state index >= 15 is 0 Å². The fourth-order valence-electron chi connectivity index (χ4n) is 2.10. The van der Waals surface area contributed by atoms with Crippen LogP contribution in [0.5, 0.6) is 5.75 Å². The molecule has 0 bridgehead atoms. The van der Waals surface area contributed by atoms with E-state index in [2.05, 4.69) is 21.4 Å². The van der Waals surface area contributed by atoms with Gasteiger partial charge in [-0.2, -0.15) is 5.26 Å². The van der Waals surface area contributed by atoms with Crippen LogP contribution in [0.3, 0.4) is 0 Å². The number of nitrogens with zero attached hydrogens (tertiary/aromatic N) is 5. The van der Waals surface area contributed by atoms with Crippen LogP contribution in [0, 0.1) is 11.3 Å². The van der Waals surface area contributed by atoms with Crippen LogP contribution in [-0.2, 0) is 0 Å². The van der Waals surface area contributed by atoms with E-state index in [0.717, 1.165) is 11.3 Å². The van der Waals surface area contributed by atoms with Crippen LogP contribution >= 0.6 is 0 Å². The van der Waals surface area contributed by atoms with Crippen LogP contribution in [-0.4, -0.2) is 27.1 Å². The van der Waals surface area contributed by atoms with E-state index in [1.807, 2.05) is 36.4 Å². The first-order chi connectivity index (χ1) is 10.3. The zero-order valence-corrected chi connectivity index (χ0v) is 11.3. The molecule has 0 amide bonds. The van der Waals surface area contributed by atoms with Gasteiger partial charge in [-0.1, -0.05) is 17.3 Å². The van der Waals surface area contributed by atoms with Gasteiger partial charge in [-0.05, 0) is 24.3 Å². The molecule has 102 valence electrons. The van der Waals surface area contributed by atoms with E-state index < -0.39 is 0 Å². The average Bonchev–Trinajstić information content (AvgIpc) is 2.99. The number of hydrogen-bond donors (Lipinski definition) is 0. The molecule has 2 heterocycles. The zero-order valence-electron chi connectivity index (χ0n) is 11.3. The van der Waals surface area contributed by atoms with Crippen LogP contribution in [0.4, 0.5) is 0 Å². The molecule has 3 rings (SSSR count). The van der Waals surface area contributed by atoms with Gasteiger partial charge in [-0.3, -0.25) is 4.98 Å². The fourth-order valence-corrected chi connectivity index (χ4v) is 2.10. The highest BCUT2D eigenvalue weighted by Gasteiger charge is 2.18. The van der Waals surface area contributed by atoms with Gasteiger partial charge < -0.3 is 4.74 Å². The highest BCUT2D eigenvalue weighted by atomic mass is 16.5. The van der Waals surface area contributed by atoms with Gasteiger partial charge in [0.15, 0.2) is 5.69 Å². The largest absolute Gasteiger partial charge is 0.494 e. The Morgan fingerprint density at radius 2 is 1.90 bits per heavy atom. The number of pyridine rings is 1. The molecule has 0 N–H and O–H groups in total. The number of nitriles is 1. The number of hydrogen-bond acceptors (Lipinski definition) is 5. The summed E-state index contributed by atoms with van der Waals surface area (Å²) in [7, 11) is 1.59. The number of aromatic nitrogens is 4. The molecule has 1 aromatic carbocycles. The van der Waals surface area contributed by atoms with Crippen LogP contribution in [0.1, 0.15) is 5.69 Å². The molecule has 0 aliphatic carbocycles. The van der Waals surface area contributed by atoms with E-state index in [1.165, 1.54) is 0 Å². The maximum Gasteiger partial charge on any atom is 0.191 e. The van der Waals surface area contributed by atoms with Crippen molar-refractivity contribution in [3.8, 4) is 28.8 Å². The Bertz CT molecular complexity index is 804. The lowest BCUT2D eigenvalue weighted by Gasteiger charge is -2.10. The number of methoxy groups -OCH3 is 1. The molecule has 21 heavy (non-hydrogen) atoms. The van der Waals surface area contributed by atoms with Crippen molar-refractivity contribution in [1.29, 1.82) is 5.26 Å². The Morgan fingerprint density at radius 3 is 2.62 bits per heavy atom. The second-order valence-electron chi connectivity index (χ2n) is 4.22. The van der Waals surface area contributed by atoms with E-state index in [9.17, 15) is 5.26 Å². The van der Waals surface area contributed by atoms with Crippen molar-refractivity contribution in [2.45, 2.75) is 0 Å². The smallest absolute Gasteiger partial charge is 0.191 e. The van der Waals surface area contributed by atoms with Crippen molar-refractivity contribution < 1.29 is 4.74 Å². The van der Waals surface area contributed by atoms with Crippen LogP contribution < -0.4 is 4.74 Å². The zero-order chi connectivity index (χ0) is 14.7. The molecule has 0 aliphatic rings. The van der Waals surface area contributed by atoms with Crippen LogP contribution in [0.15, 0.2) is 48.8 Å². The summed E-state index contributed by atoms with van der Waals surface area (Å²) >= 11 is 0. The van der Waals surface area contributed by atoms with E-state index in [1.54, 1.807) is 24.2 Å². The summed E-state index contributed by atoms with van der Waals surface area (Å²) in [4.78, 5) is 3.99. The standard InChI is InChI=1S/C15H11N5O/c1-21-14-5-3-2-4-13(14)20-15(12(10-16)18-19-20)11-6-8-17-9-7-11/h2-9H,1H3. The van der Waals surface area contributed by atoms with Gasteiger partial charge in [0.25, 0.3) is 0 Å².